The maximum Gasteiger partial charge on any atom is 0.354 e. The van der Waals surface area contributed by atoms with Gasteiger partial charge in [-0.1, -0.05) is 12.2 Å². The van der Waals surface area contributed by atoms with Crippen molar-refractivity contribution < 1.29 is 9.90 Å². The van der Waals surface area contributed by atoms with Crippen molar-refractivity contribution in [3.05, 3.63) is 35.2 Å². The minimum atomic E-state index is -1.00. The molecule has 14 heavy (non-hydrogen) atoms. The monoisotopic (exact) mass is 192 g/mol. The second-order valence-corrected chi connectivity index (χ2v) is 2.88. The van der Waals surface area contributed by atoms with Gasteiger partial charge in [0.2, 0.25) is 0 Å². The van der Waals surface area contributed by atoms with E-state index in [1.165, 1.54) is 6.20 Å². The zero-order chi connectivity index (χ0) is 10.6. The van der Waals surface area contributed by atoms with E-state index < -0.39 is 5.97 Å². The van der Waals surface area contributed by atoms with E-state index in [1.54, 1.807) is 19.1 Å². The van der Waals surface area contributed by atoms with Gasteiger partial charge in [0.15, 0.2) is 5.69 Å². The highest BCUT2D eigenvalue weighted by Crippen LogP contribution is 2.08. The van der Waals surface area contributed by atoms with Gasteiger partial charge in [0.05, 0.1) is 0 Å². The molecule has 0 bridgehead atoms. The van der Waals surface area contributed by atoms with Gasteiger partial charge in [-0.3, -0.25) is 0 Å². The Hall–Kier alpha value is -1.68. The molecule has 3 N–H and O–H groups in total. The van der Waals surface area contributed by atoms with Gasteiger partial charge in [0, 0.05) is 12.7 Å². The Morgan fingerprint density at radius 3 is 2.93 bits per heavy atom. The van der Waals surface area contributed by atoms with Crippen LogP contribution in [0.5, 0.6) is 0 Å². The van der Waals surface area contributed by atoms with Crippen LogP contribution in [0.2, 0.25) is 0 Å². The standard InChI is InChI=1S/C10H12N2O2/c1-7-5-8(3-2-4-11)6-12-9(7)10(13)14/h2-3,5-6H,4,11H2,1H3,(H,13,14). The summed E-state index contributed by atoms with van der Waals surface area (Å²) in [6, 6.07) is 1.77. The van der Waals surface area contributed by atoms with Gasteiger partial charge in [-0.05, 0) is 24.1 Å². The fourth-order valence-corrected chi connectivity index (χ4v) is 1.12. The van der Waals surface area contributed by atoms with E-state index in [0.717, 1.165) is 5.56 Å². The van der Waals surface area contributed by atoms with Gasteiger partial charge in [0.25, 0.3) is 0 Å². The Morgan fingerprint density at radius 1 is 1.71 bits per heavy atom. The second-order valence-electron chi connectivity index (χ2n) is 2.88. The molecule has 0 amide bonds. The first-order chi connectivity index (χ1) is 6.65. The zero-order valence-electron chi connectivity index (χ0n) is 7.90. The van der Waals surface area contributed by atoms with Crippen molar-refractivity contribution in [2.45, 2.75) is 6.92 Å². The number of hydrogen-bond donors (Lipinski definition) is 2. The van der Waals surface area contributed by atoms with E-state index in [9.17, 15) is 4.79 Å². The van der Waals surface area contributed by atoms with E-state index in [4.69, 9.17) is 10.8 Å². The van der Waals surface area contributed by atoms with E-state index in [2.05, 4.69) is 4.98 Å². The molecule has 0 radical (unpaired) electrons. The Morgan fingerprint density at radius 2 is 2.43 bits per heavy atom. The maximum atomic E-state index is 10.6. The van der Waals surface area contributed by atoms with Crippen molar-refractivity contribution in [2.75, 3.05) is 6.54 Å². The number of aryl methyl sites for hydroxylation is 1. The maximum absolute atomic E-state index is 10.6. The highest BCUT2D eigenvalue weighted by atomic mass is 16.4. The SMILES string of the molecule is Cc1cc(C=CCN)cnc1C(=O)O. The number of hydrogen-bond acceptors (Lipinski definition) is 3. The summed E-state index contributed by atoms with van der Waals surface area (Å²) in [5.41, 5.74) is 6.89. The summed E-state index contributed by atoms with van der Waals surface area (Å²) in [6.45, 7) is 2.18. The van der Waals surface area contributed by atoms with Gasteiger partial charge < -0.3 is 10.8 Å². The molecule has 0 aliphatic heterocycles. The van der Waals surface area contributed by atoms with Crippen molar-refractivity contribution in [1.29, 1.82) is 0 Å². The average Bonchev–Trinajstić information content (AvgIpc) is 2.14. The molecular formula is C10H12N2O2. The Kier molecular flexibility index (Phi) is 3.36. The third kappa shape index (κ3) is 2.40. The first kappa shape index (κ1) is 10.4. The molecule has 1 aromatic heterocycles. The Labute approximate surface area is 82.1 Å². The molecule has 1 aromatic rings. The summed E-state index contributed by atoms with van der Waals surface area (Å²) in [5, 5.41) is 8.73. The summed E-state index contributed by atoms with van der Waals surface area (Å²) in [6.07, 6.45) is 5.12. The number of pyridine rings is 1. The highest BCUT2D eigenvalue weighted by molar-refractivity contribution is 5.87. The largest absolute Gasteiger partial charge is 0.477 e. The van der Waals surface area contributed by atoms with Gasteiger partial charge in [-0.25, -0.2) is 9.78 Å². The molecule has 0 spiro atoms. The van der Waals surface area contributed by atoms with Crippen molar-refractivity contribution in [3.8, 4) is 0 Å². The topological polar surface area (TPSA) is 76.2 Å². The van der Waals surface area contributed by atoms with E-state index in [-0.39, 0.29) is 5.69 Å². The lowest BCUT2D eigenvalue weighted by Gasteiger charge is -2.00. The predicted octanol–water partition coefficient (Wildman–Crippen LogP) is 1.06. The quantitative estimate of drug-likeness (QED) is 0.750. The van der Waals surface area contributed by atoms with Crippen LogP contribution in [0.4, 0.5) is 0 Å². The fourth-order valence-electron chi connectivity index (χ4n) is 1.12. The summed E-state index contributed by atoms with van der Waals surface area (Å²) in [5.74, 6) is -1.00. The molecule has 0 saturated carbocycles. The third-order valence-electron chi connectivity index (χ3n) is 1.75. The lowest BCUT2D eigenvalue weighted by Crippen LogP contribution is -2.03. The molecule has 1 rings (SSSR count). The number of aromatic nitrogens is 1. The smallest absolute Gasteiger partial charge is 0.354 e. The van der Waals surface area contributed by atoms with Crippen LogP contribution in [0, 0.1) is 6.92 Å². The van der Waals surface area contributed by atoms with Crippen LogP contribution >= 0.6 is 0 Å². The van der Waals surface area contributed by atoms with Crippen molar-refractivity contribution >= 4 is 12.0 Å². The van der Waals surface area contributed by atoms with Crippen LogP contribution in [0.1, 0.15) is 21.6 Å². The molecule has 0 aliphatic rings. The van der Waals surface area contributed by atoms with Crippen molar-refractivity contribution in [1.82, 2.24) is 4.98 Å². The number of nitrogens with zero attached hydrogens (tertiary/aromatic N) is 1. The molecular weight excluding hydrogens is 180 g/mol. The normalized spacial score (nSPS) is 10.7. The third-order valence-corrected chi connectivity index (χ3v) is 1.75. The minimum absolute atomic E-state index is 0.0925. The molecule has 0 fully saturated rings. The summed E-state index contributed by atoms with van der Waals surface area (Å²) < 4.78 is 0. The minimum Gasteiger partial charge on any atom is -0.477 e. The van der Waals surface area contributed by atoms with E-state index >= 15 is 0 Å². The van der Waals surface area contributed by atoms with Gasteiger partial charge >= 0.3 is 5.97 Å². The van der Waals surface area contributed by atoms with Crippen LogP contribution in [0.25, 0.3) is 6.08 Å². The number of carboxylic acid groups (broad SMARTS) is 1. The molecule has 0 aromatic carbocycles. The molecule has 0 aliphatic carbocycles. The van der Waals surface area contributed by atoms with Crippen LogP contribution < -0.4 is 5.73 Å². The number of aromatic carboxylic acids is 1. The number of carboxylic acids is 1. The van der Waals surface area contributed by atoms with Crippen molar-refractivity contribution in [3.63, 3.8) is 0 Å². The molecule has 0 unspecified atom stereocenters. The second kappa shape index (κ2) is 4.53. The predicted molar refractivity (Wildman–Crippen MR) is 54.0 cm³/mol. The lowest BCUT2D eigenvalue weighted by molar-refractivity contribution is 0.0689. The van der Waals surface area contributed by atoms with E-state index in [0.29, 0.717) is 12.1 Å². The average molecular weight is 192 g/mol. The van der Waals surface area contributed by atoms with Crippen LogP contribution in [0.3, 0.4) is 0 Å². The van der Waals surface area contributed by atoms with Gasteiger partial charge in [0.1, 0.15) is 0 Å². The zero-order valence-corrected chi connectivity index (χ0v) is 7.90. The van der Waals surface area contributed by atoms with Gasteiger partial charge in [-0.2, -0.15) is 0 Å². The Balaban J connectivity index is 3.00. The first-order valence-electron chi connectivity index (χ1n) is 4.21. The lowest BCUT2D eigenvalue weighted by atomic mass is 10.1. The fraction of sp³-hybridized carbons (Fsp3) is 0.200. The molecule has 4 heteroatoms. The van der Waals surface area contributed by atoms with Gasteiger partial charge in [-0.15, -0.1) is 0 Å². The Bertz CT molecular complexity index is 372. The number of carbonyl (C=O) groups is 1. The number of nitrogens with two attached hydrogens (primary N) is 1. The van der Waals surface area contributed by atoms with Crippen LogP contribution in [-0.2, 0) is 0 Å². The number of rotatable bonds is 3. The highest BCUT2D eigenvalue weighted by Gasteiger charge is 2.07. The summed E-state index contributed by atoms with van der Waals surface area (Å²) >= 11 is 0. The summed E-state index contributed by atoms with van der Waals surface area (Å²) in [7, 11) is 0. The molecule has 0 atom stereocenters. The first-order valence-corrected chi connectivity index (χ1v) is 4.21. The van der Waals surface area contributed by atoms with E-state index in [1.807, 2.05) is 6.08 Å². The molecule has 0 saturated heterocycles. The van der Waals surface area contributed by atoms with Crippen molar-refractivity contribution in [2.24, 2.45) is 5.73 Å². The summed E-state index contributed by atoms with van der Waals surface area (Å²) in [4.78, 5) is 14.5. The molecule has 74 valence electrons. The van der Waals surface area contributed by atoms with Crippen LogP contribution in [0.15, 0.2) is 18.3 Å². The molecule has 1 heterocycles. The molecule has 4 nitrogen and oxygen atoms in total. The van der Waals surface area contributed by atoms with Crippen LogP contribution in [-0.4, -0.2) is 22.6 Å².